The van der Waals surface area contributed by atoms with Crippen LogP contribution in [0.3, 0.4) is 0 Å². The van der Waals surface area contributed by atoms with E-state index in [1.54, 1.807) is 24.3 Å². The number of hydrogen-bond acceptors (Lipinski definition) is 5. The average molecular weight is 332 g/mol. The Hall–Kier alpha value is -2.70. The van der Waals surface area contributed by atoms with Gasteiger partial charge in [0.25, 0.3) is 11.8 Å². The number of nitrogens with zero attached hydrogens (tertiary/aromatic N) is 2. The summed E-state index contributed by atoms with van der Waals surface area (Å²) in [6, 6.07) is 6.49. The van der Waals surface area contributed by atoms with Crippen molar-refractivity contribution < 1.29 is 23.9 Å². The van der Waals surface area contributed by atoms with Gasteiger partial charge in [-0.2, -0.15) is 0 Å². The van der Waals surface area contributed by atoms with E-state index in [0.29, 0.717) is 24.1 Å². The molecule has 0 N–H and O–H groups in total. The summed E-state index contributed by atoms with van der Waals surface area (Å²) >= 11 is 0. The van der Waals surface area contributed by atoms with Crippen LogP contribution < -0.4 is 0 Å². The molecule has 1 aromatic carbocycles. The number of carbonyl (C=O) groups excluding carboxylic acids is 4. The number of hydrogen-bond donors (Lipinski definition) is 0. The third-order valence-corrected chi connectivity index (χ3v) is 3.83. The topological polar surface area (TPSA) is 84.0 Å². The van der Waals surface area contributed by atoms with Gasteiger partial charge < -0.3 is 9.64 Å². The van der Waals surface area contributed by atoms with Crippen LogP contribution in [0.1, 0.15) is 40.5 Å². The maximum atomic E-state index is 12.5. The summed E-state index contributed by atoms with van der Waals surface area (Å²) < 4.78 is 4.57. The van der Waals surface area contributed by atoms with Gasteiger partial charge >= 0.3 is 5.97 Å². The Balaban J connectivity index is 2.06. The molecule has 0 saturated heterocycles. The van der Waals surface area contributed by atoms with Gasteiger partial charge in [0, 0.05) is 13.1 Å². The third kappa shape index (κ3) is 3.61. The minimum atomic E-state index is -0.464. The normalized spacial score (nSPS) is 13.0. The molecule has 0 spiro atoms. The molecular weight excluding hydrogens is 312 g/mol. The molecule has 2 rings (SSSR count). The quantitative estimate of drug-likeness (QED) is 0.551. The number of benzene rings is 1. The maximum Gasteiger partial charge on any atom is 0.307 e. The first-order valence-electron chi connectivity index (χ1n) is 7.79. The van der Waals surface area contributed by atoms with E-state index >= 15 is 0 Å². The smallest absolute Gasteiger partial charge is 0.307 e. The first-order valence-corrected chi connectivity index (χ1v) is 7.79. The lowest BCUT2D eigenvalue weighted by molar-refractivity contribution is -0.141. The Morgan fingerprint density at radius 2 is 1.67 bits per heavy atom. The standard InChI is InChI=1S/C17H20N2O5/c1-3-9-18(10-8-15(21)24-2)14(20)11-19-16(22)12-6-4-5-7-13(12)17(19)23/h4-7H,3,8-11H2,1-2H3. The maximum absolute atomic E-state index is 12.5. The second kappa shape index (κ2) is 7.72. The summed E-state index contributed by atoms with van der Waals surface area (Å²) in [5, 5.41) is 0. The summed E-state index contributed by atoms with van der Waals surface area (Å²) in [5.74, 6) is -1.71. The molecular formula is C17H20N2O5. The largest absolute Gasteiger partial charge is 0.469 e. The van der Waals surface area contributed by atoms with E-state index in [-0.39, 0.29) is 25.4 Å². The van der Waals surface area contributed by atoms with Gasteiger partial charge in [0.1, 0.15) is 6.54 Å². The van der Waals surface area contributed by atoms with Crippen LogP contribution in [-0.4, -0.2) is 60.2 Å². The van der Waals surface area contributed by atoms with Crippen molar-refractivity contribution in [2.45, 2.75) is 19.8 Å². The van der Waals surface area contributed by atoms with E-state index in [2.05, 4.69) is 4.74 Å². The molecule has 0 atom stereocenters. The van der Waals surface area contributed by atoms with E-state index in [1.807, 2.05) is 6.92 Å². The lowest BCUT2D eigenvalue weighted by Gasteiger charge is -2.24. The molecule has 0 aromatic heterocycles. The molecule has 3 amide bonds. The molecule has 24 heavy (non-hydrogen) atoms. The highest BCUT2D eigenvalue weighted by atomic mass is 16.5. The van der Waals surface area contributed by atoms with Gasteiger partial charge in [0.05, 0.1) is 24.7 Å². The zero-order valence-corrected chi connectivity index (χ0v) is 13.8. The second-order valence-electron chi connectivity index (χ2n) is 5.45. The molecule has 0 bridgehead atoms. The number of rotatable bonds is 7. The Bertz CT molecular complexity index is 636. The monoisotopic (exact) mass is 332 g/mol. The van der Waals surface area contributed by atoms with E-state index < -0.39 is 17.8 Å². The second-order valence-corrected chi connectivity index (χ2v) is 5.45. The van der Waals surface area contributed by atoms with Gasteiger partial charge in [-0.1, -0.05) is 19.1 Å². The number of imide groups is 1. The Morgan fingerprint density at radius 3 is 2.17 bits per heavy atom. The minimum Gasteiger partial charge on any atom is -0.469 e. The zero-order valence-electron chi connectivity index (χ0n) is 13.8. The molecule has 128 valence electrons. The van der Waals surface area contributed by atoms with Crippen LogP contribution in [-0.2, 0) is 14.3 Å². The number of fused-ring (bicyclic) bond motifs is 1. The van der Waals surface area contributed by atoms with Crippen molar-refractivity contribution >= 4 is 23.7 Å². The molecule has 0 saturated carbocycles. The SMILES string of the molecule is CCCN(CCC(=O)OC)C(=O)CN1C(=O)c2ccccc2C1=O. The van der Waals surface area contributed by atoms with Gasteiger partial charge in [0.15, 0.2) is 0 Å². The van der Waals surface area contributed by atoms with Crippen LogP contribution in [0.25, 0.3) is 0 Å². The predicted octanol–water partition coefficient (Wildman–Crippen LogP) is 1.08. The van der Waals surface area contributed by atoms with Crippen molar-refractivity contribution in [1.82, 2.24) is 9.80 Å². The first-order chi connectivity index (χ1) is 11.5. The van der Waals surface area contributed by atoms with Crippen molar-refractivity contribution in [1.29, 1.82) is 0 Å². The molecule has 1 aromatic rings. The number of carbonyl (C=O) groups is 4. The van der Waals surface area contributed by atoms with Crippen LogP contribution in [0.2, 0.25) is 0 Å². The van der Waals surface area contributed by atoms with Gasteiger partial charge in [0.2, 0.25) is 5.91 Å². The van der Waals surface area contributed by atoms with E-state index in [0.717, 1.165) is 4.90 Å². The zero-order chi connectivity index (χ0) is 17.7. The fourth-order valence-corrected chi connectivity index (χ4v) is 2.58. The molecule has 0 aliphatic carbocycles. The molecule has 1 heterocycles. The number of esters is 1. The highest BCUT2D eigenvalue weighted by Crippen LogP contribution is 2.22. The van der Waals surface area contributed by atoms with Crippen molar-refractivity contribution in [2.24, 2.45) is 0 Å². The van der Waals surface area contributed by atoms with Gasteiger partial charge in [-0.25, -0.2) is 0 Å². The summed E-state index contributed by atoms with van der Waals surface area (Å²) in [6.07, 6.45) is 0.777. The number of amides is 3. The van der Waals surface area contributed by atoms with Crippen LogP contribution in [0.4, 0.5) is 0 Å². The van der Waals surface area contributed by atoms with Crippen molar-refractivity contribution in [2.75, 3.05) is 26.7 Å². The Morgan fingerprint density at radius 1 is 1.08 bits per heavy atom. The first kappa shape index (κ1) is 17.7. The van der Waals surface area contributed by atoms with Crippen molar-refractivity contribution in [3.63, 3.8) is 0 Å². The van der Waals surface area contributed by atoms with E-state index in [1.165, 1.54) is 12.0 Å². The number of methoxy groups -OCH3 is 1. The van der Waals surface area contributed by atoms with Crippen molar-refractivity contribution in [3.8, 4) is 0 Å². The predicted molar refractivity (Wildman–Crippen MR) is 85.3 cm³/mol. The fraction of sp³-hybridized carbons (Fsp3) is 0.412. The highest BCUT2D eigenvalue weighted by molar-refractivity contribution is 6.22. The molecule has 0 fully saturated rings. The van der Waals surface area contributed by atoms with Gasteiger partial charge in [-0.05, 0) is 18.6 Å². The lowest BCUT2D eigenvalue weighted by atomic mass is 10.1. The van der Waals surface area contributed by atoms with Crippen molar-refractivity contribution in [3.05, 3.63) is 35.4 Å². The van der Waals surface area contributed by atoms with Crippen LogP contribution in [0.5, 0.6) is 0 Å². The third-order valence-electron chi connectivity index (χ3n) is 3.83. The summed E-state index contributed by atoms with van der Waals surface area (Å²) in [6.45, 7) is 2.22. The summed E-state index contributed by atoms with van der Waals surface area (Å²) in [5.41, 5.74) is 0.624. The molecule has 1 aliphatic heterocycles. The number of ether oxygens (including phenoxy) is 1. The molecule has 1 aliphatic rings. The molecule has 0 unspecified atom stereocenters. The highest BCUT2D eigenvalue weighted by Gasteiger charge is 2.36. The fourth-order valence-electron chi connectivity index (χ4n) is 2.58. The molecule has 0 radical (unpaired) electrons. The van der Waals surface area contributed by atoms with Crippen LogP contribution >= 0.6 is 0 Å². The van der Waals surface area contributed by atoms with Gasteiger partial charge in [-0.15, -0.1) is 0 Å². The molecule has 7 nitrogen and oxygen atoms in total. The summed E-state index contributed by atoms with van der Waals surface area (Å²) in [4.78, 5) is 50.7. The van der Waals surface area contributed by atoms with Gasteiger partial charge in [-0.3, -0.25) is 24.1 Å². The Kier molecular flexibility index (Phi) is 5.68. The van der Waals surface area contributed by atoms with Crippen LogP contribution in [0, 0.1) is 0 Å². The van der Waals surface area contributed by atoms with E-state index in [9.17, 15) is 19.2 Å². The Labute approximate surface area is 140 Å². The summed E-state index contributed by atoms with van der Waals surface area (Å²) in [7, 11) is 1.28. The average Bonchev–Trinajstić information content (AvgIpc) is 2.83. The minimum absolute atomic E-state index is 0.0738. The lowest BCUT2D eigenvalue weighted by Crippen LogP contribution is -2.43. The van der Waals surface area contributed by atoms with Crippen LogP contribution in [0.15, 0.2) is 24.3 Å². The van der Waals surface area contributed by atoms with E-state index in [4.69, 9.17) is 0 Å². The molecule has 7 heteroatoms.